The summed E-state index contributed by atoms with van der Waals surface area (Å²) in [5.74, 6) is 1.49. The molecule has 1 atom stereocenters. The highest BCUT2D eigenvalue weighted by atomic mass is 16.5. The lowest BCUT2D eigenvalue weighted by Gasteiger charge is -2.26. The number of hydrogen-bond acceptors (Lipinski definition) is 5. The van der Waals surface area contributed by atoms with Crippen LogP contribution in [0.15, 0.2) is 54.6 Å². The summed E-state index contributed by atoms with van der Waals surface area (Å²) >= 11 is 0. The first-order chi connectivity index (χ1) is 13.7. The normalized spacial score (nSPS) is 15.6. The first-order valence-electron chi connectivity index (χ1n) is 9.07. The summed E-state index contributed by atoms with van der Waals surface area (Å²) in [5.41, 5.74) is 3.26. The Kier molecular flexibility index (Phi) is 4.99. The molecule has 0 saturated heterocycles. The summed E-state index contributed by atoms with van der Waals surface area (Å²) in [4.78, 5) is 12.3. The van der Waals surface area contributed by atoms with E-state index in [2.05, 4.69) is 15.7 Å². The lowest BCUT2D eigenvalue weighted by molar-refractivity contribution is 0.0900. The Morgan fingerprint density at radius 1 is 1.14 bits per heavy atom. The number of nitrogens with zero attached hydrogens (tertiary/aromatic N) is 2. The number of para-hydroxylation sites is 1. The van der Waals surface area contributed by atoms with Crippen molar-refractivity contribution in [2.45, 2.75) is 12.7 Å². The third-order valence-electron chi connectivity index (χ3n) is 4.83. The quantitative estimate of drug-likeness (QED) is 0.689. The van der Waals surface area contributed by atoms with Crippen LogP contribution in [0.4, 0.5) is 0 Å². The molecule has 2 aromatic carbocycles. The highest BCUT2D eigenvalue weighted by molar-refractivity contribution is 5.94. The van der Waals surface area contributed by atoms with Crippen molar-refractivity contribution in [3.63, 3.8) is 0 Å². The maximum Gasteiger partial charge on any atom is 0.269 e. The van der Waals surface area contributed by atoms with Crippen molar-refractivity contribution in [3.05, 3.63) is 65.9 Å². The van der Waals surface area contributed by atoms with E-state index in [0.29, 0.717) is 18.8 Å². The minimum Gasteiger partial charge on any atom is -0.497 e. The van der Waals surface area contributed by atoms with Gasteiger partial charge in [-0.25, -0.2) is 4.68 Å². The van der Waals surface area contributed by atoms with E-state index in [4.69, 9.17) is 9.47 Å². The van der Waals surface area contributed by atoms with E-state index in [1.807, 2.05) is 54.6 Å². The van der Waals surface area contributed by atoms with Crippen molar-refractivity contribution in [2.75, 3.05) is 20.8 Å². The van der Waals surface area contributed by atoms with Crippen LogP contribution in [0, 0.1) is 0 Å². The number of amides is 1. The fourth-order valence-corrected chi connectivity index (χ4v) is 3.31. The summed E-state index contributed by atoms with van der Waals surface area (Å²) in [5, 5.41) is 11.1. The van der Waals surface area contributed by atoms with E-state index < -0.39 is 0 Å². The van der Waals surface area contributed by atoms with Gasteiger partial charge in [-0.3, -0.25) is 10.1 Å². The molecule has 2 heterocycles. The Morgan fingerprint density at radius 2 is 1.93 bits per heavy atom. The Bertz CT molecular complexity index is 982. The Hall–Kier alpha value is -3.32. The van der Waals surface area contributed by atoms with Gasteiger partial charge in [0.05, 0.1) is 26.5 Å². The molecular weight excluding hydrogens is 356 g/mol. The summed E-state index contributed by atoms with van der Waals surface area (Å²) in [6.07, 6.45) is -0.149. The van der Waals surface area contributed by atoms with Gasteiger partial charge in [-0.1, -0.05) is 18.2 Å². The SMILES string of the molecule is COc1ccc(-c2cc3n(n2)C(NCc2ccccc2OC)CNC3=O)cc1. The van der Waals surface area contributed by atoms with Gasteiger partial charge in [0.1, 0.15) is 23.4 Å². The van der Waals surface area contributed by atoms with Crippen LogP contribution >= 0.6 is 0 Å². The highest BCUT2D eigenvalue weighted by Gasteiger charge is 2.27. The fraction of sp³-hybridized carbons (Fsp3) is 0.238. The van der Waals surface area contributed by atoms with Gasteiger partial charge in [0, 0.05) is 17.7 Å². The molecule has 3 aromatic rings. The summed E-state index contributed by atoms with van der Waals surface area (Å²) in [6, 6.07) is 17.3. The van der Waals surface area contributed by atoms with Crippen LogP contribution in [0.25, 0.3) is 11.3 Å². The lowest BCUT2D eigenvalue weighted by Crippen LogP contribution is -2.45. The standard InChI is InChI=1S/C21H22N4O3/c1-27-16-9-7-14(8-10-16)17-11-18-21(26)23-13-20(25(18)24-17)22-12-15-5-3-4-6-19(15)28-2/h3-11,20,22H,12-13H2,1-2H3,(H,23,26). The zero-order valence-electron chi connectivity index (χ0n) is 15.8. The van der Waals surface area contributed by atoms with Crippen molar-refractivity contribution >= 4 is 5.91 Å². The minimum atomic E-state index is -0.149. The number of nitrogens with one attached hydrogen (secondary N) is 2. The number of benzene rings is 2. The van der Waals surface area contributed by atoms with Crippen LogP contribution in [0.1, 0.15) is 22.2 Å². The maximum atomic E-state index is 12.3. The number of hydrogen-bond donors (Lipinski definition) is 2. The highest BCUT2D eigenvalue weighted by Crippen LogP contribution is 2.25. The van der Waals surface area contributed by atoms with Crippen LogP contribution in [-0.2, 0) is 6.54 Å². The number of carbonyl (C=O) groups excluding carboxylic acids is 1. The summed E-state index contributed by atoms with van der Waals surface area (Å²) < 4.78 is 12.4. The predicted octanol–water partition coefficient (Wildman–Crippen LogP) is 2.60. The molecule has 0 aliphatic carbocycles. The second-order valence-corrected chi connectivity index (χ2v) is 6.51. The van der Waals surface area contributed by atoms with Crippen LogP contribution in [-0.4, -0.2) is 36.5 Å². The van der Waals surface area contributed by atoms with E-state index in [9.17, 15) is 4.79 Å². The Balaban J connectivity index is 1.58. The average molecular weight is 378 g/mol. The van der Waals surface area contributed by atoms with Gasteiger partial charge in [0.15, 0.2) is 0 Å². The van der Waals surface area contributed by atoms with Gasteiger partial charge in [0.25, 0.3) is 5.91 Å². The second kappa shape index (κ2) is 7.74. The third-order valence-corrected chi connectivity index (χ3v) is 4.83. The molecule has 0 fully saturated rings. The molecule has 2 N–H and O–H groups in total. The van der Waals surface area contributed by atoms with Gasteiger partial charge in [-0.15, -0.1) is 0 Å². The van der Waals surface area contributed by atoms with E-state index in [1.165, 1.54) is 0 Å². The topological polar surface area (TPSA) is 77.4 Å². The molecule has 0 radical (unpaired) electrons. The first-order valence-corrected chi connectivity index (χ1v) is 9.07. The second-order valence-electron chi connectivity index (χ2n) is 6.51. The van der Waals surface area contributed by atoms with Crippen molar-refractivity contribution < 1.29 is 14.3 Å². The molecule has 28 heavy (non-hydrogen) atoms. The predicted molar refractivity (Wildman–Crippen MR) is 105 cm³/mol. The Labute approximate surface area is 163 Å². The zero-order valence-corrected chi connectivity index (χ0v) is 15.8. The largest absolute Gasteiger partial charge is 0.497 e. The molecule has 7 heteroatoms. The molecule has 1 aliphatic rings. The van der Waals surface area contributed by atoms with E-state index in [-0.39, 0.29) is 12.1 Å². The fourth-order valence-electron chi connectivity index (χ4n) is 3.31. The van der Waals surface area contributed by atoms with E-state index >= 15 is 0 Å². The van der Waals surface area contributed by atoms with Gasteiger partial charge in [0.2, 0.25) is 0 Å². The lowest BCUT2D eigenvalue weighted by atomic mass is 10.1. The molecule has 0 bridgehead atoms. The molecule has 7 nitrogen and oxygen atoms in total. The summed E-state index contributed by atoms with van der Waals surface area (Å²) in [6.45, 7) is 1.06. The number of carbonyl (C=O) groups is 1. The number of aromatic nitrogens is 2. The maximum absolute atomic E-state index is 12.3. The number of ether oxygens (including phenoxy) is 2. The molecule has 0 saturated carbocycles. The van der Waals surface area contributed by atoms with Gasteiger partial charge >= 0.3 is 0 Å². The molecule has 4 rings (SSSR count). The molecule has 1 amide bonds. The number of methoxy groups -OCH3 is 2. The zero-order chi connectivity index (χ0) is 19.5. The molecule has 1 aliphatic heterocycles. The number of rotatable bonds is 6. The summed E-state index contributed by atoms with van der Waals surface area (Å²) in [7, 11) is 3.29. The van der Waals surface area contributed by atoms with Gasteiger partial charge < -0.3 is 14.8 Å². The Morgan fingerprint density at radius 3 is 2.68 bits per heavy atom. The monoisotopic (exact) mass is 378 g/mol. The smallest absolute Gasteiger partial charge is 0.269 e. The van der Waals surface area contributed by atoms with E-state index in [0.717, 1.165) is 28.3 Å². The van der Waals surface area contributed by atoms with Gasteiger partial charge in [-0.05, 0) is 36.4 Å². The molecule has 144 valence electrons. The minimum absolute atomic E-state index is 0.123. The molecular formula is C21H22N4O3. The number of fused-ring (bicyclic) bond motifs is 1. The molecule has 0 spiro atoms. The van der Waals surface area contributed by atoms with Crippen molar-refractivity contribution in [3.8, 4) is 22.8 Å². The average Bonchev–Trinajstić information content (AvgIpc) is 3.20. The molecule has 1 aromatic heterocycles. The van der Waals surface area contributed by atoms with Crippen LogP contribution < -0.4 is 20.1 Å². The molecule has 1 unspecified atom stereocenters. The van der Waals surface area contributed by atoms with Crippen LogP contribution in [0.3, 0.4) is 0 Å². The van der Waals surface area contributed by atoms with Crippen LogP contribution in [0.5, 0.6) is 11.5 Å². The van der Waals surface area contributed by atoms with Crippen molar-refractivity contribution in [2.24, 2.45) is 0 Å². The van der Waals surface area contributed by atoms with Crippen LogP contribution in [0.2, 0.25) is 0 Å². The van der Waals surface area contributed by atoms with Gasteiger partial charge in [-0.2, -0.15) is 5.10 Å². The third kappa shape index (κ3) is 3.44. The van der Waals surface area contributed by atoms with E-state index in [1.54, 1.807) is 18.9 Å². The first kappa shape index (κ1) is 18.1. The van der Waals surface area contributed by atoms with Crippen molar-refractivity contribution in [1.82, 2.24) is 20.4 Å². The van der Waals surface area contributed by atoms with Crippen molar-refractivity contribution in [1.29, 1.82) is 0 Å².